The van der Waals surface area contributed by atoms with E-state index in [1.54, 1.807) is 18.4 Å². The Bertz CT molecular complexity index is 750. The first-order valence-corrected chi connectivity index (χ1v) is 8.15. The number of rotatable bonds is 4. The van der Waals surface area contributed by atoms with E-state index in [0.29, 0.717) is 11.4 Å². The standard InChI is InChI=1S/C16H16N2O4S/c1-9-4-5-10(16(20)21)7-11(9)17-14(19)12-8-23-15(18-12)13-3-2-6-22-13/h4-5,7-8,13H,2-3,6H2,1H3,(H,17,19)(H,20,21). The number of aryl methyl sites for hydroxylation is 1. The number of anilines is 1. The number of nitrogens with zero attached hydrogens (tertiary/aromatic N) is 1. The third kappa shape index (κ3) is 3.40. The van der Waals surface area contributed by atoms with Gasteiger partial charge in [-0.25, -0.2) is 9.78 Å². The van der Waals surface area contributed by atoms with Crippen molar-refractivity contribution in [1.29, 1.82) is 0 Å². The van der Waals surface area contributed by atoms with Crippen LogP contribution in [0.5, 0.6) is 0 Å². The molecule has 2 aromatic rings. The van der Waals surface area contributed by atoms with Crippen molar-refractivity contribution in [3.8, 4) is 0 Å². The lowest BCUT2D eigenvalue weighted by Crippen LogP contribution is -2.14. The smallest absolute Gasteiger partial charge is 0.335 e. The van der Waals surface area contributed by atoms with E-state index in [9.17, 15) is 9.59 Å². The van der Waals surface area contributed by atoms with Gasteiger partial charge < -0.3 is 15.2 Å². The molecule has 0 radical (unpaired) electrons. The Kier molecular flexibility index (Phi) is 4.40. The number of aromatic nitrogens is 1. The minimum atomic E-state index is -1.03. The molecule has 1 unspecified atom stereocenters. The fourth-order valence-electron chi connectivity index (χ4n) is 2.39. The van der Waals surface area contributed by atoms with Gasteiger partial charge in [0.25, 0.3) is 5.91 Å². The number of thiazole rings is 1. The summed E-state index contributed by atoms with van der Waals surface area (Å²) >= 11 is 1.41. The van der Waals surface area contributed by atoms with Gasteiger partial charge in [-0.05, 0) is 37.5 Å². The lowest BCUT2D eigenvalue weighted by atomic mass is 10.1. The van der Waals surface area contributed by atoms with E-state index in [2.05, 4.69) is 10.3 Å². The van der Waals surface area contributed by atoms with Gasteiger partial charge in [-0.3, -0.25) is 4.79 Å². The fourth-order valence-corrected chi connectivity index (χ4v) is 3.27. The maximum absolute atomic E-state index is 12.3. The molecule has 0 aliphatic carbocycles. The largest absolute Gasteiger partial charge is 0.478 e. The van der Waals surface area contributed by atoms with Gasteiger partial charge in [-0.2, -0.15) is 0 Å². The quantitative estimate of drug-likeness (QED) is 0.897. The number of ether oxygens (including phenoxy) is 1. The molecule has 7 heteroatoms. The second-order valence-electron chi connectivity index (χ2n) is 5.36. The number of nitrogens with one attached hydrogen (secondary N) is 1. The number of carboxylic acids is 1. The molecule has 1 aliphatic heterocycles. The van der Waals surface area contributed by atoms with Crippen molar-refractivity contribution in [2.24, 2.45) is 0 Å². The molecule has 23 heavy (non-hydrogen) atoms. The number of hydrogen-bond donors (Lipinski definition) is 2. The molecular formula is C16H16N2O4S. The van der Waals surface area contributed by atoms with E-state index in [0.717, 1.165) is 30.0 Å². The number of carboxylic acid groups (broad SMARTS) is 1. The fraction of sp³-hybridized carbons (Fsp3) is 0.312. The highest BCUT2D eigenvalue weighted by Gasteiger charge is 2.22. The maximum Gasteiger partial charge on any atom is 0.335 e. The van der Waals surface area contributed by atoms with Crippen molar-refractivity contribution < 1.29 is 19.4 Å². The van der Waals surface area contributed by atoms with Crippen LogP contribution in [0, 0.1) is 6.92 Å². The van der Waals surface area contributed by atoms with Crippen LogP contribution in [0.25, 0.3) is 0 Å². The third-order valence-corrected chi connectivity index (χ3v) is 4.63. The van der Waals surface area contributed by atoms with E-state index in [-0.39, 0.29) is 17.6 Å². The highest BCUT2D eigenvalue weighted by molar-refractivity contribution is 7.09. The Balaban J connectivity index is 1.76. The van der Waals surface area contributed by atoms with Gasteiger partial charge in [-0.1, -0.05) is 6.07 Å². The van der Waals surface area contributed by atoms with Crippen LogP contribution in [-0.2, 0) is 4.74 Å². The molecule has 0 saturated carbocycles. The second-order valence-corrected chi connectivity index (χ2v) is 6.25. The molecule has 1 aromatic carbocycles. The topological polar surface area (TPSA) is 88.5 Å². The molecule has 0 bridgehead atoms. The summed E-state index contributed by atoms with van der Waals surface area (Å²) in [4.78, 5) is 27.7. The summed E-state index contributed by atoms with van der Waals surface area (Å²) in [6.45, 7) is 2.53. The highest BCUT2D eigenvalue weighted by atomic mass is 32.1. The lowest BCUT2D eigenvalue weighted by molar-refractivity contribution is 0.0696. The van der Waals surface area contributed by atoms with Crippen molar-refractivity contribution in [1.82, 2.24) is 4.98 Å². The third-order valence-electron chi connectivity index (χ3n) is 3.69. The van der Waals surface area contributed by atoms with E-state index >= 15 is 0 Å². The number of benzene rings is 1. The summed E-state index contributed by atoms with van der Waals surface area (Å²) in [5, 5.41) is 14.3. The van der Waals surface area contributed by atoms with Crippen molar-refractivity contribution >= 4 is 28.9 Å². The molecule has 1 amide bonds. The Hall–Kier alpha value is -2.25. The minimum absolute atomic E-state index is 0.0152. The molecule has 1 atom stereocenters. The van der Waals surface area contributed by atoms with Gasteiger partial charge in [-0.15, -0.1) is 11.3 Å². The Labute approximate surface area is 137 Å². The van der Waals surface area contributed by atoms with E-state index in [1.165, 1.54) is 23.5 Å². The predicted octanol–water partition coefficient (Wildman–Crippen LogP) is 3.25. The maximum atomic E-state index is 12.3. The number of carbonyl (C=O) groups excluding carboxylic acids is 1. The Morgan fingerprint density at radius 3 is 2.96 bits per heavy atom. The normalized spacial score (nSPS) is 17.2. The van der Waals surface area contributed by atoms with Gasteiger partial charge in [0.05, 0.1) is 5.56 Å². The van der Waals surface area contributed by atoms with Gasteiger partial charge >= 0.3 is 5.97 Å². The van der Waals surface area contributed by atoms with Gasteiger partial charge in [0.2, 0.25) is 0 Å². The predicted molar refractivity (Wildman–Crippen MR) is 86.1 cm³/mol. The Morgan fingerprint density at radius 2 is 2.26 bits per heavy atom. The van der Waals surface area contributed by atoms with E-state index in [1.807, 2.05) is 0 Å². The second kappa shape index (κ2) is 6.47. The molecular weight excluding hydrogens is 316 g/mol. The zero-order valence-corrected chi connectivity index (χ0v) is 13.4. The monoisotopic (exact) mass is 332 g/mol. The van der Waals surface area contributed by atoms with Crippen LogP contribution in [0.2, 0.25) is 0 Å². The van der Waals surface area contributed by atoms with Crippen LogP contribution < -0.4 is 5.32 Å². The SMILES string of the molecule is Cc1ccc(C(=O)O)cc1NC(=O)c1csc(C2CCCO2)n1. The molecule has 1 aliphatic rings. The number of carbonyl (C=O) groups is 2. The number of hydrogen-bond acceptors (Lipinski definition) is 5. The first-order valence-electron chi connectivity index (χ1n) is 7.27. The average Bonchev–Trinajstić information content (AvgIpc) is 3.20. The van der Waals surface area contributed by atoms with E-state index < -0.39 is 5.97 Å². The summed E-state index contributed by atoms with van der Waals surface area (Å²) in [7, 11) is 0. The van der Waals surface area contributed by atoms with Gasteiger partial charge in [0, 0.05) is 17.7 Å². The summed E-state index contributed by atoms with van der Waals surface area (Å²) in [5.41, 5.74) is 1.71. The van der Waals surface area contributed by atoms with E-state index in [4.69, 9.17) is 9.84 Å². The zero-order chi connectivity index (χ0) is 16.4. The molecule has 3 rings (SSSR count). The Morgan fingerprint density at radius 1 is 1.43 bits per heavy atom. The van der Waals surface area contributed by atoms with Crippen LogP contribution in [-0.4, -0.2) is 28.6 Å². The number of aromatic carboxylic acids is 1. The summed E-state index contributed by atoms with van der Waals surface area (Å²) < 4.78 is 5.56. The van der Waals surface area contributed by atoms with Crippen molar-refractivity contribution in [2.45, 2.75) is 25.9 Å². The van der Waals surface area contributed by atoms with Crippen LogP contribution >= 0.6 is 11.3 Å². The molecule has 1 fully saturated rings. The van der Waals surface area contributed by atoms with Crippen LogP contribution in [0.3, 0.4) is 0 Å². The molecule has 2 N–H and O–H groups in total. The first kappa shape index (κ1) is 15.6. The van der Waals surface area contributed by atoms with Crippen molar-refractivity contribution in [3.63, 3.8) is 0 Å². The minimum Gasteiger partial charge on any atom is -0.478 e. The molecule has 120 valence electrons. The molecule has 1 aromatic heterocycles. The van der Waals surface area contributed by atoms with Gasteiger partial charge in [0.15, 0.2) is 0 Å². The van der Waals surface area contributed by atoms with Gasteiger partial charge in [0.1, 0.15) is 16.8 Å². The van der Waals surface area contributed by atoms with Crippen LogP contribution in [0.1, 0.15) is 50.4 Å². The average molecular weight is 332 g/mol. The molecule has 2 heterocycles. The number of amides is 1. The lowest BCUT2D eigenvalue weighted by Gasteiger charge is -2.08. The van der Waals surface area contributed by atoms with Crippen LogP contribution in [0.4, 0.5) is 5.69 Å². The molecule has 0 spiro atoms. The van der Waals surface area contributed by atoms with Crippen molar-refractivity contribution in [3.05, 3.63) is 45.4 Å². The van der Waals surface area contributed by atoms with Crippen molar-refractivity contribution in [2.75, 3.05) is 11.9 Å². The summed E-state index contributed by atoms with van der Waals surface area (Å²) in [5.74, 6) is -1.38. The first-order chi connectivity index (χ1) is 11.0. The molecule has 1 saturated heterocycles. The zero-order valence-electron chi connectivity index (χ0n) is 12.5. The molecule has 6 nitrogen and oxygen atoms in total. The highest BCUT2D eigenvalue weighted by Crippen LogP contribution is 2.30. The summed E-state index contributed by atoms with van der Waals surface area (Å²) in [6, 6.07) is 4.62. The summed E-state index contributed by atoms with van der Waals surface area (Å²) in [6.07, 6.45) is 1.92. The van der Waals surface area contributed by atoms with Crippen LogP contribution in [0.15, 0.2) is 23.6 Å².